The fraction of sp³-hybridized carbons (Fsp3) is 0.375. The molecular weight excluding hydrogens is 254 g/mol. The molecule has 1 aromatic heterocycles. The van der Waals surface area contributed by atoms with Crippen molar-refractivity contribution in [3.8, 4) is 5.75 Å². The second kappa shape index (κ2) is 4.99. The Kier molecular flexibility index (Phi) is 3.33. The Labute approximate surface area is 118 Å². The molecule has 1 heterocycles. The fourth-order valence-corrected chi connectivity index (χ4v) is 3.15. The van der Waals surface area contributed by atoms with Gasteiger partial charge in [-0.05, 0) is 56.0 Å². The van der Waals surface area contributed by atoms with E-state index in [1.54, 1.807) is 11.3 Å². The average Bonchev–Trinajstić information content (AvgIpc) is 3.15. The number of aryl methyl sites for hydroxylation is 2. The lowest BCUT2D eigenvalue weighted by atomic mass is 10.1. The van der Waals surface area contributed by atoms with Crippen LogP contribution < -0.4 is 10.5 Å². The fourth-order valence-electron chi connectivity index (χ4n) is 2.08. The minimum Gasteiger partial charge on any atom is -0.490 e. The van der Waals surface area contributed by atoms with Crippen molar-refractivity contribution >= 4 is 11.3 Å². The van der Waals surface area contributed by atoms with Gasteiger partial charge in [0.25, 0.3) is 0 Å². The summed E-state index contributed by atoms with van der Waals surface area (Å²) in [5.41, 5.74) is 8.81. The molecule has 1 saturated carbocycles. The Morgan fingerprint density at radius 1 is 1.26 bits per heavy atom. The standard InChI is InChI=1S/C16H19NOS/c1-10-8-15(19-11(10)2)16(17)12-4-3-5-14(9-12)18-13-6-7-13/h3-5,8-9,13,16H,6-7,17H2,1-2H3. The van der Waals surface area contributed by atoms with Crippen LogP contribution in [0.5, 0.6) is 5.75 Å². The summed E-state index contributed by atoms with van der Waals surface area (Å²) in [5.74, 6) is 0.945. The first kappa shape index (κ1) is 12.7. The van der Waals surface area contributed by atoms with Gasteiger partial charge in [0.2, 0.25) is 0 Å². The molecule has 19 heavy (non-hydrogen) atoms. The molecule has 0 amide bonds. The molecule has 0 spiro atoms. The van der Waals surface area contributed by atoms with Crippen LogP contribution in [0.2, 0.25) is 0 Å². The van der Waals surface area contributed by atoms with Crippen LogP contribution in [0.4, 0.5) is 0 Å². The quantitative estimate of drug-likeness (QED) is 0.915. The Morgan fingerprint density at radius 2 is 2.05 bits per heavy atom. The number of hydrogen-bond acceptors (Lipinski definition) is 3. The predicted octanol–water partition coefficient (Wildman–Crippen LogP) is 3.95. The molecule has 0 saturated heterocycles. The van der Waals surface area contributed by atoms with E-state index in [9.17, 15) is 0 Å². The van der Waals surface area contributed by atoms with E-state index in [1.807, 2.05) is 12.1 Å². The van der Waals surface area contributed by atoms with Gasteiger partial charge in [-0.3, -0.25) is 0 Å². The molecular formula is C16H19NOS. The van der Waals surface area contributed by atoms with Crippen LogP contribution in [0.25, 0.3) is 0 Å². The average molecular weight is 273 g/mol. The van der Waals surface area contributed by atoms with E-state index in [-0.39, 0.29) is 6.04 Å². The van der Waals surface area contributed by atoms with Crippen molar-refractivity contribution in [1.82, 2.24) is 0 Å². The molecule has 0 radical (unpaired) electrons. The summed E-state index contributed by atoms with van der Waals surface area (Å²) in [7, 11) is 0. The molecule has 3 heteroatoms. The highest BCUT2D eigenvalue weighted by Gasteiger charge is 2.23. The van der Waals surface area contributed by atoms with Gasteiger partial charge in [-0.1, -0.05) is 12.1 Å². The number of benzene rings is 1. The van der Waals surface area contributed by atoms with Crippen molar-refractivity contribution in [3.05, 3.63) is 51.2 Å². The molecule has 1 aliphatic rings. The maximum Gasteiger partial charge on any atom is 0.120 e. The van der Waals surface area contributed by atoms with Gasteiger partial charge in [0.1, 0.15) is 5.75 Å². The second-order valence-corrected chi connectivity index (χ2v) is 6.54. The highest BCUT2D eigenvalue weighted by Crippen LogP contribution is 2.32. The lowest BCUT2D eigenvalue weighted by molar-refractivity contribution is 0.303. The molecule has 3 rings (SSSR count). The molecule has 1 aliphatic carbocycles. The van der Waals surface area contributed by atoms with Gasteiger partial charge in [-0.15, -0.1) is 11.3 Å². The lowest BCUT2D eigenvalue weighted by Gasteiger charge is -2.12. The van der Waals surface area contributed by atoms with Crippen molar-refractivity contribution in [2.24, 2.45) is 5.73 Å². The summed E-state index contributed by atoms with van der Waals surface area (Å²) in [6, 6.07) is 10.3. The first-order valence-corrected chi connectivity index (χ1v) is 7.54. The number of ether oxygens (including phenoxy) is 1. The van der Waals surface area contributed by atoms with E-state index in [4.69, 9.17) is 10.5 Å². The minimum absolute atomic E-state index is 0.0554. The van der Waals surface area contributed by atoms with Crippen molar-refractivity contribution in [3.63, 3.8) is 0 Å². The molecule has 2 nitrogen and oxygen atoms in total. The largest absolute Gasteiger partial charge is 0.490 e. The van der Waals surface area contributed by atoms with Crippen molar-refractivity contribution in [2.45, 2.75) is 38.8 Å². The van der Waals surface area contributed by atoms with Crippen LogP contribution in [0.15, 0.2) is 30.3 Å². The molecule has 2 N–H and O–H groups in total. The molecule has 0 bridgehead atoms. The second-order valence-electron chi connectivity index (χ2n) is 5.26. The SMILES string of the molecule is Cc1cc(C(N)c2cccc(OC3CC3)c2)sc1C. The van der Waals surface area contributed by atoms with Crippen molar-refractivity contribution in [2.75, 3.05) is 0 Å². The van der Waals surface area contributed by atoms with E-state index < -0.39 is 0 Å². The summed E-state index contributed by atoms with van der Waals surface area (Å²) in [4.78, 5) is 2.56. The highest BCUT2D eigenvalue weighted by atomic mass is 32.1. The summed E-state index contributed by atoms with van der Waals surface area (Å²) in [5, 5.41) is 0. The van der Waals surface area contributed by atoms with Gasteiger partial charge in [0, 0.05) is 9.75 Å². The Morgan fingerprint density at radius 3 is 2.68 bits per heavy atom. The molecule has 1 fully saturated rings. The Bertz CT molecular complexity index is 567. The number of rotatable bonds is 4. The molecule has 1 aromatic carbocycles. The van der Waals surface area contributed by atoms with Crippen molar-refractivity contribution in [1.29, 1.82) is 0 Å². The highest BCUT2D eigenvalue weighted by molar-refractivity contribution is 7.12. The third-order valence-corrected chi connectivity index (χ3v) is 4.77. The summed E-state index contributed by atoms with van der Waals surface area (Å²) >= 11 is 1.78. The maximum absolute atomic E-state index is 6.37. The van der Waals surface area contributed by atoms with E-state index in [1.165, 1.54) is 28.2 Å². The van der Waals surface area contributed by atoms with E-state index in [2.05, 4.69) is 32.0 Å². The molecule has 1 atom stereocenters. The zero-order valence-corrected chi connectivity index (χ0v) is 12.2. The topological polar surface area (TPSA) is 35.2 Å². The predicted molar refractivity (Wildman–Crippen MR) is 79.9 cm³/mol. The van der Waals surface area contributed by atoms with Crippen LogP contribution in [0.1, 0.15) is 39.8 Å². The molecule has 100 valence electrons. The number of hydrogen-bond donors (Lipinski definition) is 1. The third-order valence-electron chi connectivity index (χ3n) is 3.54. The van der Waals surface area contributed by atoms with Gasteiger partial charge in [-0.2, -0.15) is 0 Å². The van der Waals surface area contributed by atoms with Crippen molar-refractivity contribution < 1.29 is 4.74 Å². The normalized spacial score (nSPS) is 16.4. The van der Waals surface area contributed by atoms with E-state index in [0.717, 1.165) is 11.3 Å². The summed E-state index contributed by atoms with van der Waals surface area (Å²) < 4.78 is 5.83. The molecule has 1 unspecified atom stereocenters. The number of nitrogens with two attached hydrogens (primary N) is 1. The third kappa shape index (κ3) is 2.82. The Balaban J connectivity index is 1.83. The van der Waals surface area contributed by atoms with E-state index >= 15 is 0 Å². The van der Waals surface area contributed by atoms with Crippen LogP contribution in [0.3, 0.4) is 0 Å². The first-order chi connectivity index (χ1) is 9.13. The van der Waals surface area contributed by atoms with E-state index in [0.29, 0.717) is 6.10 Å². The van der Waals surface area contributed by atoms with Crippen LogP contribution >= 0.6 is 11.3 Å². The van der Waals surface area contributed by atoms with Gasteiger partial charge in [-0.25, -0.2) is 0 Å². The van der Waals surface area contributed by atoms with Crippen LogP contribution in [-0.4, -0.2) is 6.10 Å². The summed E-state index contributed by atoms with van der Waals surface area (Å²) in [6.45, 7) is 4.28. The zero-order chi connectivity index (χ0) is 13.4. The molecule has 0 aliphatic heterocycles. The van der Waals surface area contributed by atoms with Gasteiger partial charge in [0.05, 0.1) is 12.1 Å². The van der Waals surface area contributed by atoms with Gasteiger partial charge >= 0.3 is 0 Å². The lowest BCUT2D eigenvalue weighted by Crippen LogP contribution is -2.10. The van der Waals surface area contributed by atoms with Gasteiger partial charge in [0.15, 0.2) is 0 Å². The maximum atomic E-state index is 6.37. The minimum atomic E-state index is -0.0554. The number of thiophene rings is 1. The monoisotopic (exact) mass is 273 g/mol. The van der Waals surface area contributed by atoms with Gasteiger partial charge < -0.3 is 10.5 Å². The zero-order valence-electron chi connectivity index (χ0n) is 11.3. The molecule has 2 aromatic rings. The smallest absolute Gasteiger partial charge is 0.120 e. The first-order valence-electron chi connectivity index (χ1n) is 6.72. The summed E-state index contributed by atoms with van der Waals surface area (Å²) in [6.07, 6.45) is 2.79. The Hall–Kier alpha value is -1.32. The van der Waals surface area contributed by atoms with Crippen LogP contribution in [0, 0.1) is 13.8 Å². The van der Waals surface area contributed by atoms with Crippen LogP contribution in [-0.2, 0) is 0 Å².